The van der Waals surface area contributed by atoms with Gasteiger partial charge in [-0.1, -0.05) is 24.3 Å². The lowest BCUT2D eigenvalue weighted by Gasteiger charge is -2.00. The molecule has 9 heavy (non-hydrogen) atoms. The van der Waals surface area contributed by atoms with E-state index in [2.05, 4.69) is 18.7 Å². The van der Waals surface area contributed by atoms with Gasteiger partial charge in [-0.05, 0) is 18.6 Å². The zero-order chi connectivity index (χ0) is 6.69. The highest BCUT2D eigenvalue weighted by Gasteiger charge is 1.94. The Morgan fingerprint density at radius 3 is 2.67 bits per heavy atom. The van der Waals surface area contributed by atoms with Crippen LogP contribution in [0.4, 0.5) is 0 Å². The highest BCUT2D eigenvalue weighted by molar-refractivity contribution is 7.80. The van der Waals surface area contributed by atoms with Crippen molar-refractivity contribution >= 4 is 12.6 Å². The summed E-state index contributed by atoms with van der Waals surface area (Å²) in [6, 6.07) is 11.0. The molecule has 1 heteroatoms. The second-order valence-corrected chi connectivity index (χ2v) is 2.77. The smallest absolute Gasteiger partial charge is 0.0245 e. The molecular formula is C8H9S. The molecule has 1 rings (SSSR count). The molecule has 0 aliphatic rings. The van der Waals surface area contributed by atoms with Crippen LogP contribution in [0.3, 0.4) is 0 Å². The van der Waals surface area contributed by atoms with E-state index in [1.54, 1.807) is 0 Å². The molecule has 0 bridgehead atoms. The van der Waals surface area contributed by atoms with Crippen LogP contribution < -0.4 is 0 Å². The van der Waals surface area contributed by atoms with Crippen molar-refractivity contribution in [2.45, 2.75) is 12.2 Å². The van der Waals surface area contributed by atoms with Crippen molar-refractivity contribution in [2.75, 3.05) is 0 Å². The van der Waals surface area contributed by atoms with Crippen molar-refractivity contribution in [3.63, 3.8) is 0 Å². The van der Waals surface area contributed by atoms with E-state index >= 15 is 0 Å². The van der Waals surface area contributed by atoms with Crippen LogP contribution in [0.15, 0.2) is 24.3 Å². The van der Waals surface area contributed by atoms with Gasteiger partial charge in [-0.25, -0.2) is 0 Å². The summed E-state index contributed by atoms with van der Waals surface area (Å²) in [5, 5.41) is 0.297. The summed E-state index contributed by atoms with van der Waals surface area (Å²) < 4.78 is 0. The fourth-order valence-corrected chi connectivity index (χ4v) is 0.828. The lowest BCUT2D eigenvalue weighted by molar-refractivity contribution is 1.11. The Hall–Kier alpha value is -0.430. The van der Waals surface area contributed by atoms with Crippen LogP contribution in [0.2, 0.25) is 0 Å². The molecular weight excluding hydrogens is 128 g/mol. The van der Waals surface area contributed by atoms with E-state index in [0.717, 1.165) is 5.56 Å². The zero-order valence-electron chi connectivity index (χ0n) is 5.33. The normalized spacial score (nSPS) is 13.1. The maximum Gasteiger partial charge on any atom is 0.0245 e. The SMILES string of the molecule is CC(S)c1[c]cccc1. The van der Waals surface area contributed by atoms with Crippen LogP contribution in [0.5, 0.6) is 0 Å². The van der Waals surface area contributed by atoms with E-state index in [0.29, 0.717) is 5.25 Å². The van der Waals surface area contributed by atoms with Gasteiger partial charge in [0.1, 0.15) is 0 Å². The van der Waals surface area contributed by atoms with Gasteiger partial charge in [-0.15, -0.1) is 0 Å². The monoisotopic (exact) mass is 137 g/mol. The van der Waals surface area contributed by atoms with Crippen molar-refractivity contribution in [1.29, 1.82) is 0 Å². The van der Waals surface area contributed by atoms with Gasteiger partial charge in [0.05, 0.1) is 0 Å². The molecule has 1 unspecified atom stereocenters. The Morgan fingerprint density at radius 1 is 1.56 bits per heavy atom. The molecule has 0 heterocycles. The maximum absolute atomic E-state index is 4.26. The molecule has 0 amide bonds. The Morgan fingerprint density at radius 2 is 2.33 bits per heavy atom. The molecule has 0 aromatic heterocycles. The molecule has 0 aliphatic heterocycles. The van der Waals surface area contributed by atoms with Gasteiger partial charge in [-0.3, -0.25) is 0 Å². The summed E-state index contributed by atoms with van der Waals surface area (Å²) >= 11 is 4.26. The summed E-state index contributed by atoms with van der Waals surface area (Å²) in [7, 11) is 0. The molecule has 0 nitrogen and oxygen atoms in total. The Kier molecular flexibility index (Phi) is 2.17. The van der Waals surface area contributed by atoms with Crippen LogP contribution >= 0.6 is 12.6 Å². The molecule has 1 aromatic rings. The molecule has 0 spiro atoms. The summed E-state index contributed by atoms with van der Waals surface area (Å²) in [4.78, 5) is 0. The van der Waals surface area contributed by atoms with Gasteiger partial charge in [-0.2, -0.15) is 12.6 Å². The van der Waals surface area contributed by atoms with Crippen LogP contribution in [0, 0.1) is 6.07 Å². The molecule has 1 aromatic carbocycles. The van der Waals surface area contributed by atoms with Crippen LogP contribution in [-0.4, -0.2) is 0 Å². The lowest BCUT2D eigenvalue weighted by atomic mass is 10.2. The van der Waals surface area contributed by atoms with Crippen LogP contribution in [-0.2, 0) is 0 Å². The molecule has 0 N–H and O–H groups in total. The summed E-state index contributed by atoms with van der Waals surface area (Å²) in [5.74, 6) is 0. The number of benzene rings is 1. The van der Waals surface area contributed by atoms with Crippen molar-refractivity contribution in [3.05, 3.63) is 35.9 Å². The predicted octanol–water partition coefficient (Wildman–Crippen LogP) is 2.48. The quantitative estimate of drug-likeness (QED) is 0.565. The lowest BCUT2D eigenvalue weighted by Crippen LogP contribution is -1.81. The van der Waals surface area contributed by atoms with Gasteiger partial charge >= 0.3 is 0 Å². The fourth-order valence-electron chi connectivity index (χ4n) is 0.667. The predicted molar refractivity (Wildman–Crippen MR) is 42.7 cm³/mol. The van der Waals surface area contributed by atoms with Gasteiger partial charge in [0.25, 0.3) is 0 Å². The Balaban J connectivity index is 2.85. The highest BCUT2D eigenvalue weighted by atomic mass is 32.1. The number of hydrogen-bond acceptors (Lipinski definition) is 1. The van der Waals surface area contributed by atoms with Crippen molar-refractivity contribution in [3.8, 4) is 0 Å². The van der Waals surface area contributed by atoms with E-state index in [1.165, 1.54) is 0 Å². The Bertz CT molecular complexity index is 167. The zero-order valence-corrected chi connectivity index (χ0v) is 6.23. The Labute approximate surface area is 61.3 Å². The second-order valence-electron chi connectivity index (χ2n) is 1.99. The molecule has 1 atom stereocenters. The minimum absolute atomic E-state index is 0.297. The van der Waals surface area contributed by atoms with E-state index < -0.39 is 0 Å². The van der Waals surface area contributed by atoms with Crippen LogP contribution in [0.25, 0.3) is 0 Å². The molecule has 0 aliphatic carbocycles. The maximum atomic E-state index is 4.26. The molecule has 0 saturated heterocycles. The van der Waals surface area contributed by atoms with Gasteiger partial charge in [0.15, 0.2) is 0 Å². The number of rotatable bonds is 1. The molecule has 0 fully saturated rings. The minimum atomic E-state index is 0.297. The standard InChI is InChI=1S/C8H9S/c1-7(9)8-5-3-2-4-6-8/h2-5,7,9H,1H3. The third kappa shape index (κ3) is 1.75. The van der Waals surface area contributed by atoms with Gasteiger partial charge < -0.3 is 0 Å². The van der Waals surface area contributed by atoms with E-state index in [4.69, 9.17) is 0 Å². The number of thiol groups is 1. The van der Waals surface area contributed by atoms with Crippen molar-refractivity contribution < 1.29 is 0 Å². The second kappa shape index (κ2) is 2.92. The van der Waals surface area contributed by atoms with Crippen molar-refractivity contribution in [1.82, 2.24) is 0 Å². The third-order valence-corrected chi connectivity index (χ3v) is 1.46. The first-order chi connectivity index (χ1) is 4.30. The van der Waals surface area contributed by atoms with Crippen molar-refractivity contribution in [2.24, 2.45) is 0 Å². The largest absolute Gasteiger partial charge is 0.171 e. The first-order valence-electron chi connectivity index (χ1n) is 2.95. The van der Waals surface area contributed by atoms with E-state index in [9.17, 15) is 0 Å². The molecule has 1 radical (unpaired) electrons. The third-order valence-electron chi connectivity index (χ3n) is 1.18. The van der Waals surface area contributed by atoms with Crippen LogP contribution in [0.1, 0.15) is 17.7 Å². The first-order valence-corrected chi connectivity index (χ1v) is 3.47. The average molecular weight is 137 g/mol. The molecule has 0 saturated carbocycles. The topological polar surface area (TPSA) is 0 Å². The van der Waals surface area contributed by atoms with E-state index in [1.807, 2.05) is 31.2 Å². The average Bonchev–Trinajstić information content (AvgIpc) is 1.90. The van der Waals surface area contributed by atoms with Gasteiger partial charge in [0, 0.05) is 5.25 Å². The highest BCUT2D eigenvalue weighted by Crippen LogP contribution is 2.16. The first kappa shape index (κ1) is 6.69. The summed E-state index contributed by atoms with van der Waals surface area (Å²) in [5.41, 5.74) is 1.15. The van der Waals surface area contributed by atoms with Gasteiger partial charge in [0.2, 0.25) is 0 Å². The summed E-state index contributed by atoms with van der Waals surface area (Å²) in [6.45, 7) is 2.04. The van der Waals surface area contributed by atoms with E-state index in [-0.39, 0.29) is 0 Å². The minimum Gasteiger partial charge on any atom is -0.171 e. The fraction of sp³-hybridized carbons (Fsp3) is 0.250. The molecule has 47 valence electrons. The number of hydrogen-bond donors (Lipinski definition) is 1. The summed E-state index contributed by atoms with van der Waals surface area (Å²) in [6.07, 6.45) is 0.